The summed E-state index contributed by atoms with van der Waals surface area (Å²) in [5.41, 5.74) is 5.01. The van der Waals surface area contributed by atoms with Crippen molar-refractivity contribution in [2.75, 3.05) is 6.61 Å². The second kappa shape index (κ2) is 9.80. The van der Waals surface area contributed by atoms with Gasteiger partial charge in [0.25, 0.3) is 5.91 Å². The molecular weight excluding hydrogens is 533 g/mol. The molecule has 3 aromatic rings. The number of sulfone groups is 1. The summed E-state index contributed by atoms with van der Waals surface area (Å²) < 4.78 is 101. The van der Waals surface area contributed by atoms with Crippen LogP contribution in [0.1, 0.15) is 16.7 Å². The summed E-state index contributed by atoms with van der Waals surface area (Å²) in [7, 11) is -9.08. The predicted molar refractivity (Wildman–Crippen MR) is 126 cm³/mol. The lowest BCUT2D eigenvalue weighted by molar-refractivity contribution is -0.140. The van der Waals surface area contributed by atoms with Crippen molar-refractivity contribution in [3.63, 3.8) is 0 Å². The zero-order valence-corrected chi connectivity index (χ0v) is 20.7. The molecule has 1 unspecified atom stereocenters. The number of halogens is 3. The van der Waals surface area contributed by atoms with Crippen LogP contribution in [-0.2, 0) is 43.7 Å². The zero-order valence-electron chi connectivity index (χ0n) is 19.0. The van der Waals surface area contributed by atoms with Gasteiger partial charge >= 0.3 is 6.18 Å². The Morgan fingerprint density at radius 3 is 2.24 bits per heavy atom. The van der Waals surface area contributed by atoms with Gasteiger partial charge in [-0.3, -0.25) is 4.79 Å². The quantitative estimate of drug-likeness (QED) is 0.440. The molecule has 0 aromatic heterocycles. The average Bonchev–Trinajstić information content (AvgIpc) is 3.23. The van der Waals surface area contributed by atoms with E-state index in [1.165, 1.54) is 24.3 Å². The third-order valence-electron chi connectivity index (χ3n) is 5.73. The van der Waals surface area contributed by atoms with E-state index in [4.69, 9.17) is 10.5 Å². The maximum atomic E-state index is 13.7. The number of fused-ring (bicyclic) bond motifs is 1. The molecule has 3 aromatic carbocycles. The third-order valence-corrected chi connectivity index (χ3v) is 9.05. The number of benzene rings is 3. The minimum absolute atomic E-state index is 0.145. The van der Waals surface area contributed by atoms with Crippen molar-refractivity contribution in [1.29, 1.82) is 0 Å². The number of ether oxygens (including phenoxy) is 1. The van der Waals surface area contributed by atoms with Gasteiger partial charge in [-0.15, -0.1) is 0 Å². The molecule has 196 valence electrons. The lowest BCUT2D eigenvalue weighted by Gasteiger charge is -2.18. The molecular formula is C24H21F3N2O6S2. The molecule has 13 heteroatoms. The summed E-state index contributed by atoms with van der Waals surface area (Å²) in [6.07, 6.45) is -4.72. The molecule has 0 fully saturated rings. The van der Waals surface area contributed by atoms with Gasteiger partial charge in [0.2, 0.25) is 19.9 Å². The van der Waals surface area contributed by atoms with Crippen molar-refractivity contribution in [3.8, 4) is 5.75 Å². The minimum atomic E-state index is -5.05. The number of hydrogen-bond acceptors (Lipinski definition) is 6. The van der Waals surface area contributed by atoms with Crippen LogP contribution < -0.4 is 15.2 Å². The standard InChI is InChI=1S/C24H21F3N2O6S2/c25-24(26,27)21-9-8-20(36(31,32)19-4-2-1-3-5-19)13-22(21)37(33,34)29-17-10-15-6-7-18(12-16(15)11-17)35-14-23(28)30/h1-9,12-13,17,29H,10-11,14H2,(H2,28,30). The van der Waals surface area contributed by atoms with E-state index in [0.29, 0.717) is 23.4 Å². The first-order valence-corrected chi connectivity index (χ1v) is 13.8. The van der Waals surface area contributed by atoms with Crippen molar-refractivity contribution in [2.45, 2.75) is 39.7 Å². The van der Waals surface area contributed by atoms with E-state index in [1.54, 1.807) is 24.3 Å². The van der Waals surface area contributed by atoms with Crippen LogP contribution in [0.25, 0.3) is 0 Å². The van der Waals surface area contributed by atoms with Crippen LogP contribution in [-0.4, -0.2) is 35.4 Å². The molecule has 1 amide bonds. The Balaban J connectivity index is 1.65. The number of carbonyl (C=O) groups is 1. The molecule has 8 nitrogen and oxygen atoms in total. The van der Waals surface area contributed by atoms with E-state index < -0.39 is 53.3 Å². The van der Waals surface area contributed by atoms with Crippen LogP contribution in [0.4, 0.5) is 13.2 Å². The highest BCUT2D eigenvalue weighted by atomic mass is 32.2. The maximum Gasteiger partial charge on any atom is 0.417 e. The molecule has 37 heavy (non-hydrogen) atoms. The zero-order chi connectivity index (χ0) is 27.0. The molecule has 0 aliphatic heterocycles. The van der Waals surface area contributed by atoms with Crippen molar-refractivity contribution in [3.05, 3.63) is 83.4 Å². The number of nitrogens with two attached hydrogens (primary N) is 1. The van der Waals surface area contributed by atoms with Crippen LogP contribution in [0, 0.1) is 0 Å². The second-order valence-electron chi connectivity index (χ2n) is 8.38. The lowest BCUT2D eigenvalue weighted by atomic mass is 10.1. The number of alkyl halides is 3. The summed E-state index contributed by atoms with van der Waals surface area (Å²) in [6.45, 7) is -0.350. The summed E-state index contributed by atoms with van der Waals surface area (Å²) >= 11 is 0. The molecule has 1 aliphatic rings. The number of nitrogens with one attached hydrogen (secondary N) is 1. The molecule has 1 aliphatic carbocycles. The summed E-state index contributed by atoms with van der Waals surface area (Å²) in [5.74, 6) is -0.345. The molecule has 0 spiro atoms. The second-order valence-corrected chi connectivity index (χ2v) is 12.0. The molecule has 0 saturated carbocycles. The van der Waals surface area contributed by atoms with Crippen LogP contribution in [0.15, 0.2) is 81.4 Å². The van der Waals surface area contributed by atoms with Gasteiger partial charge in [0.15, 0.2) is 6.61 Å². The molecule has 0 radical (unpaired) electrons. The SMILES string of the molecule is NC(=O)COc1ccc2c(c1)CC(NS(=O)(=O)c1cc(S(=O)(=O)c3ccccc3)ccc1C(F)(F)F)C2. The van der Waals surface area contributed by atoms with E-state index >= 15 is 0 Å². The summed E-state index contributed by atoms with van der Waals surface area (Å²) in [6, 6.07) is 12.7. The van der Waals surface area contributed by atoms with Gasteiger partial charge in [-0.25, -0.2) is 21.6 Å². The number of rotatable bonds is 8. The predicted octanol–water partition coefficient (Wildman–Crippen LogP) is 2.85. The van der Waals surface area contributed by atoms with Gasteiger partial charge in [-0.05, 0) is 66.4 Å². The third kappa shape index (κ3) is 5.78. The fourth-order valence-corrected chi connectivity index (χ4v) is 6.94. The topological polar surface area (TPSA) is 133 Å². The highest BCUT2D eigenvalue weighted by Crippen LogP contribution is 2.37. The van der Waals surface area contributed by atoms with E-state index in [2.05, 4.69) is 4.72 Å². The number of hydrogen-bond donors (Lipinski definition) is 2. The molecule has 0 saturated heterocycles. The Bertz CT molecular complexity index is 1560. The van der Waals surface area contributed by atoms with Crippen molar-refractivity contribution in [2.24, 2.45) is 5.73 Å². The highest BCUT2D eigenvalue weighted by Gasteiger charge is 2.39. The number of amides is 1. The van der Waals surface area contributed by atoms with Gasteiger partial charge < -0.3 is 10.5 Å². The summed E-state index contributed by atoms with van der Waals surface area (Å²) in [5, 5.41) is 0. The van der Waals surface area contributed by atoms with Crippen LogP contribution in [0.2, 0.25) is 0 Å². The van der Waals surface area contributed by atoms with Crippen molar-refractivity contribution < 1.29 is 39.5 Å². The molecule has 3 N–H and O–H groups in total. The fourth-order valence-electron chi connectivity index (χ4n) is 4.07. The van der Waals surface area contributed by atoms with Gasteiger partial charge in [0, 0.05) is 6.04 Å². The highest BCUT2D eigenvalue weighted by molar-refractivity contribution is 7.91. The van der Waals surface area contributed by atoms with E-state index in [1.807, 2.05) is 0 Å². The lowest BCUT2D eigenvalue weighted by Crippen LogP contribution is -2.36. The van der Waals surface area contributed by atoms with E-state index in [0.717, 1.165) is 11.6 Å². The maximum absolute atomic E-state index is 13.7. The van der Waals surface area contributed by atoms with Gasteiger partial charge in [0.05, 0.1) is 20.2 Å². The molecule has 0 bridgehead atoms. The first-order chi connectivity index (χ1) is 17.3. The van der Waals surface area contributed by atoms with E-state index in [-0.39, 0.29) is 24.3 Å². The average molecular weight is 555 g/mol. The molecule has 0 heterocycles. The van der Waals surface area contributed by atoms with Gasteiger partial charge in [-0.2, -0.15) is 13.2 Å². The Morgan fingerprint density at radius 2 is 1.59 bits per heavy atom. The van der Waals surface area contributed by atoms with Crippen LogP contribution in [0.3, 0.4) is 0 Å². The van der Waals surface area contributed by atoms with Crippen LogP contribution >= 0.6 is 0 Å². The first-order valence-electron chi connectivity index (χ1n) is 10.8. The van der Waals surface area contributed by atoms with Crippen molar-refractivity contribution in [1.82, 2.24) is 4.72 Å². The molecule has 1 atom stereocenters. The Hall–Kier alpha value is -3.42. The van der Waals surface area contributed by atoms with Gasteiger partial charge in [0.1, 0.15) is 5.75 Å². The Labute approximate surface area is 211 Å². The fraction of sp³-hybridized carbons (Fsp3) is 0.208. The van der Waals surface area contributed by atoms with Crippen molar-refractivity contribution >= 4 is 25.8 Å². The minimum Gasteiger partial charge on any atom is -0.484 e. The Kier molecular flexibility index (Phi) is 7.06. The number of primary amides is 1. The number of carbonyl (C=O) groups excluding carboxylic acids is 1. The Morgan fingerprint density at radius 1 is 0.919 bits per heavy atom. The monoisotopic (exact) mass is 554 g/mol. The smallest absolute Gasteiger partial charge is 0.417 e. The van der Waals surface area contributed by atoms with Crippen LogP contribution in [0.5, 0.6) is 5.75 Å². The summed E-state index contributed by atoms with van der Waals surface area (Å²) in [4.78, 5) is 8.96. The van der Waals surface area contributed by atoms with E-state index in [9.17, 15) is 34.8 Å². The van der Waals surface area contributed by atoms with Gasteiger partial charge in [-0.1, -0.05) is 24.3 Å². The largest absolute Gasteiger partial charge is 0.484 e. The normalized spacial score (nSPS) is 15.8. The molecule has 4 rings (SSSR count). The number of sulfonamides is 1. The first kappa shape index (κ1) is 26.6.